The molecule has 3 N–H and O–H groups in total. The van der Waals surface area contributed by atoms with Gasteiger partial charge in [-0.1, -0.05) is 0 Å². The zero-order chi connectivity index (χ0) is 15.4. The first kappa shape index (κ1) is 14.8. The van der Waals surface area contributed by atoms with Crippen molar-refractivity contribution < 1.29 is 4.79 Å². The summed E-state index contributed by atoms with van der Waals surface area (Å²) in [5, 5.41) is 5.20. The van der Waals surface area contributed by atoms with Crippen molar-refractivity contribution in [1.82, 2.24) is 4.98 Å². The van der Waals surface area contributed by atoms with Crippen molar-refractivity contribution in [3.8, 4) is 0 Å². The van der Waals surface area contributed by atoms with E-state index in [4.69, 9.17) is 5.73 Å². The smallest absolute Gasteiger partial charge is 0.230 e. The second kappa shape index (κ2) is 6.79. The van der Waals surface area contributed by atoms with E-state index >= 15 is 0 Å². The highest BCUT2D eigenvalue weighted by atomic mass is 32.1. The first-order chi connectivity index (χ1) is 10.7. The predicted octanol–water partition coefficient (Wildman–Crippen LogP) is 2.90. The molecule has 0 aliphatic carbocycles. The fraction of sp³-hybridized carbons (Fsp3) is 0.375. The quantitative estimate of drug-likeness (QED) is 0.910. The largest absolute Gasteiger partial charge is 0.375 e. The van der Waals surface area contributed by atoms with Crippen LogP contribution in [0.2, 0.25) is 0 Å². The van der Waals surface area contributed by atoms with E-state index in [0.29, 0.717) is 10.8 Å². The van der Waals surface area contributed by atoms with Gasteiger partial charge < -0.3 is 16.0 Å². The summed E-state index contributed by atoms with van der Waals surface area (Å²) in [5.41, 5.74) is 8.32. The molecule has 1 aliphatic heterocycles. The van der Waals surface area contributed by atoms with Crippen molar-refractivity contribution in [1.29, 1.82) is 0 Å². The summed E-state index contributed by atoms with van der Waals surface area (Å²) in [6, 6.07) is 8.05. The van der Waals surface area contributed by atoms with Crippen LogP contribution in [0.15, 0.2) is 29.6 Å². The van der Waals surface area contributed by atoms with Crippen LogP contribution >= 0.6 is 11.3 Å². The Kier molecular flexibility index (Phi) is 4.58. The van der Waals surface area contributed by atoms with Crippen molar-refractivity contribution in [2.24, 2.45) is 0 Å². The van der Waals surface area contributed by atoms with E-state index in [1.54, 1.807) is 0 Å². The van der Waals surface area contributed by atoms with Gasteiger partial charge in [0.05, 0.1) is 12.1 Å². The van der Waals surface area contributed by atoms with Crippen LogP contribution in [0.4, 0.5) is 16.5 Å². The summed E-state index contributed by atoms with van der Waals surface area (Å²) in [6.07, 6.45) is 4.10. The van der Waals surface area contributed by atoms with Gasteiger partial charge >= 0.3 is 0 Å². The Hall–Kier alpha value is -2.08. The zero-order valence-electron chi connectivity index (χ0n) is 12.4. The summed E-state index contributed by atoms with van der Waals surface area (Å²) >= 11 is 1.35. The number of hydrogen-bond donors (Lipinski definition) is 2. The van der Waals surface area contributed by atoms with Crippen molar-refractivity contribution in [2.45, 2.75) is 25.7 Å². The molecule has 0 radical (unpaired) electrons. The molecule has 1 amide bonds. The van der Waals surface area contributed by atoms with Gasteiger partial charge in [0, 0.05) is 29.8 Å². The molecule has 116 valence electrons. The maximum absolute atomic E-state index is 12.0. The Balaban J connectivity index is 1.57. The lowest BCUT2D eigenvalue weighted by Gasteiger charge is -2.28. The maximum Gasteiger partial charge on any atom is 0.230 e. The summed E-state index contributed by atoms with van der Waals surface area (Å²) in [5.74, 6) is -0.0731. The number of anilines is 3. The summed E-state index contributed by atoms with van der Waals surface area (Å²) in [6.45, 7) is 2.24. The number of benzene rings is 1. The van der Waals surface area contributed by atoms with Crippen LogP contribution in [0.25, 0.3) is 0 Å². The second-order valence-electron chi connectivity index (χ2n) is 5.50. The second-order valence-corrected chi connectivity index (χ2v) is 6.39. The number of carbonyl (C=O) groups excluding carboxylic acids is 1. The van der Waals surface area contributed by atoms with E-state index in [9.17, 15) is 4.79 Å². The number of nitrogens with one attached hydrogen (secondary N) is 1. The van der Waals surface area contributed by atoms with Crippen molar-refractivity contribution >= 4 is 33.8 Å². The fourth-order valence-corrected chi connectivity index (χ4v) is 3.24. The van der Waals surface area contributed by atoms with E-state index in [1.165, 1.54) is 36.3 Å². The number of hydrogen-bond acceptors (Lipinski definition) is 5. The molecule has 0 spiro atoms. The molecule has 0 bridgehead atoms. The summed E-state index contributed by atoms with van der Waals surface area (Å²) in [4.78, 5) is 18.5. The van der Waals surface area contributed by atoms with Gasteiger partial charge in [-0.15, -0.1) is 11.3 Å². The average molecular weight is 316 g/mol. The number of aromatic nitrogens is 1. The van der Waals surface area contributed by atoms with E-state index in [0.717, 1.165) is 18.8 Å². The molecule has 0 atom stereocenters. The molecule has 1 aromatic heterocycles. The standard InChI is InChI=1S/C16H20N4OS/c17-16-19-13(11-22-16)10-15(21)18-12-4-6-14(7-5-12)20-8-2-1-3-9-20/h4-7,11H,1-3,8-10H2,(H2,17,19)(H,18,21). The third kappa shape index (κ3) is 3.76. The molecule has 3 rings (SSSR count). The topological polar surface area (TPSA) is 71.2 Å². The summed E-state index contributed by atoms with van der Waals surface area (Å²) in [7, 11) is 0. The summed E-state index contributed by atoms with van der Waals surface area (Å²) < 4.78 is 0. The molecule has 22 heavy (non-hydrogen) atoms. The minimum absolute atomic E-state index is 0.0731. The first-order valence-corrected chi connectivity index (χ1v) is 8.43. The van der Waals surface area contributed by atoms with Crippen LogP contribution < -0.4 is 16.0 Å². The normalized spacial score (nSPS) is 14.8. The Morgan fingerprint density at radius 1 is 1.23 bits per heavy atom. The third-order valence-electron chi connectivity index (χ3n) is 3.78. The molecular formula is C16H20N4OS. The van der Waals surface area contributed by atoms with Crippen LogP contribution in [-0.2, 0) is 11.2 Å². The lowest BCUT2D eigenvalue weighted by atomic mass is 10.1. The van der Waals surface area contributed by atoms with Gasteiger partial charge in [-0.05, 0) is 43.5 Å². The number of nitrogens with zero attached hydrogens (tertiary/aromatic N) is 2. The molecule has 0 unspecified atom stereocenters. The molecule has 5 nitrogen and oxygen atoms in total. The van der Waals surface area contributed by atoms with E-state index in [2.05, 4.69) is 27.3 Å². The highest BCUT2D eigenvalue weighted by molar-refractivity contribution is 7.13. The molecule has 1 aliphatic rings. The zero-order valence-corrected chi connectivity index (χ0v) is 13.2. The third-order valence-corrected chi connectivity index (χ3v) is 4.51. The number of nitrogen functional groups attached to an aromatic ring is 1. The van der Waals surface area contributed by atoms with Gasteiger partial charge in [0.1, 0.15) is 0 Å². The average Bonchev–Trinajstić information content (AvgIpc) is 2.94. The molecule has 2 heterocycles. The first-order valence-electron chi connectivity index (χ1n) is 7.55. The number of carbonyl (C=O) groups is 1. The van der Waals surface area contributed by atoms with Gasteiger partial charge in [0.2, 0.25) is 5.91 Å². The molecule has 1 fully saturated rings. The van der Waals surface area contributed by atoms with Crippen LogP contribution in [0, 0.1) is 0 Å². The Labute approximate surface area is 134 Å². The van der Waals surface area contributed by atoms with Gasteiger partial charge in [-0.25, -0.2) is 4.98 Å². The van der Waals surface area contributed by atoms with Crippen molar-refractivity contribution in [3.63, 3.8) is 0 Å². The van der Waals surface area contributed by atoms with E-state index < -0.39 is 0 Å². The van der Waals surface area contributed by atoms with Crippen LogP contribution in [0.3, 0.4) is 0 Å². The highest BCUT2D eigenvalue weighted by Gasteiger charge is 2.11. The van der Waals surface area contributed by atoms with Gasteiger partial charge in [0.25, 0.3) is 0 Å². The molecule has 1 aromatic carbocycles. The predicted molar refractivity (Wildman–Crippen MR) is 91.4 cm³/mol. The lowest BCUT2D eigenvalue weighted by molar-refractivity contribution is -0.115. The molecular weight excluding hydrogens is 296 g/mol. The van der Waals surface area contributed by atoms with Gasteiger partial charge in [0.15, 0.2) is 5.13 Å². The minimum atomic E-state index is -0.0731. The lowest BCUT2D eigenvalue weighted by Crippen LogP contribution is -2.29. The molecule has 2 aromatic rings. The van der Waals surface area contributed by atoms with Crippen LogP contribution in [0.1, 0.15) is 25.0 Å². The van der Waals surface area contributed by atoms with Crippen LogP contribution in [0.5, 0.6) is 0 Å². The fourth-order valence-electron chi connectivity index (χ4n) is 2.68. The Morgan fingerprint density at radius 2 is 1.95 bits per heavy atom. The van der Waals surface area contributed by atoms with Crippen LogP contribution in [-0.4, -0.2) is 24.0 Å². The SMILES string of the molecule is Nc1nc(CC(=O)Nc2ccc(N3CCCCC3)cc2)cs1. The molecule has 0 saturated carbocycles. The number of piperidine rings is 1. The van der Waals surface area contributed by atoms with E-state index in [1.807, 2.05) is 17.5 Å². The van der Waals surface area contributed by atoms with Gasteiger partial charge in [-0.2, -0.15) is 0 Å². The molecule has 6 heteroatoms. The van der Waals surface area contributed by atoms with Crippen molar-refractivity contribution in [3.05, 3.63) is 35.3 Å². The van der Waals surface area contributed by atoms with Crippen molar-refractivity contribution in [2.75, 3.05) is 29.0 Å². The number of nitrogens with two attached hydrogens (primary N) is 1. The number of amides is 1. The highest BCUT2D eigenvalue weighted by Crippen LogP contribution is 2.22. The van der Waals surface area contributed by atoms with E-state index in [-0.39, 0.29) is 12.3 Å². The maximum atomic E-state index is 12.0. The van der Waals surface area contributed by atoms with Gasteiger partial charge in [-0.3, -0.25) is 4.79 Å². The number of thiazole rings is 1. The minimum Gasteiger partial charge on any atom is -0.375 e. The Bertz CT molecular complexity index is 632. The Morgan fingerprint density at radius 3 is 2.59 bits per heavy atom. The number of rotatable bonds is 4. The molecule has 1 saturated heterocycles. The monoisotopic (exact) mass is 316 g/mol.